The summed E-state index contributed by atoms with van der Waals surface area (Å²) in [6.07, 6.45) is -0.927. The highest BCUT2D eigenvalue weighted by molar-refractivity contribution is 5.55. The number of hydrogen-bond donors (Lipinski definition) is 2. The Morgan fingerprint density at radius 2 is 1.61 bits per heavy atom. The van der Waals surface area contributed by atoms with Crippen molar-refractivity contribution in [1.82, 2.24) is 0 Å². The van der Waals surface area contributed by atoms with Gasteiger partial charge in [-0.15, -0.1) is 0 Å². The lowest BCUT2D eigenvalue weighted by atomic mass is 10.2. The Kier molecular flexibility index (Phi) is 5.54. The van der Waals surface area contributed by atoms with Gasteiger partial charge in [0.25, 0.3) is 0 Å². The fourth-order valence-corrected chi connectivity index (χ4v) is 1.39. The Hall–Kier alpha value is -1.66. The van der Waals surface area contributed by atoms with Crippen LogP contribution in [0.1, 0.15) is 0 Å². The SMILES string of the molecule is COc1cc(OC[C@H](O)CO)cc(OC)c1OC. The van der Waals surface area contributed by atoms with Gasteiger partial charge in [0.1, 0.15) is 18.5 Å². The third-order valence-electron chi connectivity index (χ3n) is 2.29. The van der Waals surface area contributed by atoms with Crippen LogP contribution in [0.25, 0.3) is 0 Å². The molecule has 0 aromatic heterocycles. The maximum absolute atomic E-state index is 9.21. The summed E-state index contributed by atoms with van der Waals surface area (Å²) in [5.74, 6) is 1.85. The van der Waals surface area contributed by atoms with E-state index in [0.717, 1.165) is 0 Å². The van der Waals surface area contributed by atoms with Gasteiger partial charge in [0.2, 0.25) is 5.75 Å². The van der Waals surface area contributed by atoms with E-state index >= 15 is 0 Å². The smallest absolute Gasteiger partial charge is 0.203 e. The van der Waals surface area contributed by atoms with E-state index in [2.05, 4.69) is 0 Å². The average Bonchev–Trinajstić information content (AvgIpc) is 2.43. The molecule has 1 aromatic rings. The fourth-order valence-electron chi connectivity index (χ4n) is 1.39. The number of benzene rings is 1. The zero-order valence-corrected chi connectivity index (χ0v) is 10.7. The largest absolute Gasteiger partial charge is 0.493 e. The molecule has 0 fully saturated rings. The molecule has 0 aliphatic rings. The fraction of sp³-hybridized carbons (Fsp3) is 0.500. The van der Waals surface area contributed by atoms with Crippen LogP contribution in [0.3, 0.4) is 0 Å². The van der Waals surface area contributed by atoms with Gasteiger partial charge in [-0.2, -0.15) is 0 Å². The zero-order chi connectivity index (χ0) is 13.5. The van der Waals surface area contributed by atoms with Crippen molar-refractivity contribution >= 4 is 0 Å². The summed E-state index contributed by atoms with van der Waals surface area (Å²) < 4.78 is 20.8. The summed E-state index contributed by atoms with van der Waals surface area (Å²) in [5.41, 5.74) is 0. The van der Waals surface area contributed by atoms with E-state index < -0.39 is 6.10 Å². The summed E-state index contributed by atoms with van der Waals surface area (Å²) in [7, 11) is 4.52. The molecule has 0 saturated heterocycles. The zero-order valence-electron chi connectivity index (χ0n) is 10.7. The molecule has 18 heavy (non-hydrogen) atoms. The molecule has 0 aliphatic heterocycles. The predicted molar refractivity (Wildman–Crippen MR) is 64.7 cm³/mol. The number of aliphatic hydroxyl groups is 2. The van der Waals surface area contributed by atoms with Gasteiger partial charge in [0.05, 0.1) is 27.9 Å². The molecule has 1 atom stereocenters. The lowest BCUT2D eigenvalue weighted by Crippen LogP contribution is -2.21. The molecule has 0 aliphatic carbocycles. The summed E-state index contributed by atoms with van der Waals surface area (Å²) >= 11 is 0. The molecule has 0 bridgehead atoms. The van der Waals surface area contributed by atoms with Crippen LogP contribution in [0.5, 0.6) is 23.0 Å². The summed E-state index contributed by atoms with van der Waals surface area (Å²) in [4.78, 5) is 0. The first-order chi connectivity index (χ1) is 8.65. The quantitative estimate of drug-likeness (QED) is 0.739. The van der Waals surface area contributed by atoms with E-state index in [1.54, 1.807) is 12.1 Å². The Labute approximate surface area is 106 Å². The van der Waals surface area contributed by atoms with Crippen LogP contribution in [0, 0.1) is 0 Å². The minimum absolute atomic E-state index is 0.0187. The van der Waals surface area contributed by atoms with Gasteiger partial charge in [0.15, 0.2) is 11.5 Å². The lowest BCUT2D eigenvalue weighted by molar-refractivity contribution is 0.0534. The first-order valence-corrected chi connectivity index (χ1v) is 5.38. The van der Waals surface area contributed by atoms with Crippen LogP contribution in [0.2, 0.25) is 0 Å². The molecule has 6 heteroatoms. The summed E-state index contributed by atoms with van der Waals surface area (Å²) in [6.45, 7) is -0.375. The van der Waals surface area contributed by atoms with Crippen LogP contribution in [0.4, 0.5) is 0 Å². The van der Waals surface area contributed by atoms with Gasteiger partial charge in [0, 0.05) is 12.1 Å². The number of hydrogen-bond acceptors (Lipinski definition) is 6. The molecule has 0 unspecified atom stereocenters. The number of aliphatic hydroxyl groups excluding tert-OH is 2. The van der Waals surface area contributed by atoms with E-state index in [1.165, 1.54) is 21.3 Å². The summed E-state index contributed by atoms with van der Waals surface area (Å²) in [6, 6.07) is 3.23. The van der Waals surface area contributed by atoms with E-state index in [-0.39, 0.29) is 13.2 Å². The van der Waals surface area contributed by atoms with Gasteiger partial charge in [-0.3, -0.25) is 0 Å². The monoisotopic (exact) mass is 258 g/mol. The first kappa shape index (κ1) is 14.4. The third-order valence-corrected chi connectivity index (χ3v) is 2.29. The van der Waals surface area contributed by atoms with Crippen molar-refractivity contribution in [3.8, 4) is 23.0 Å². The van der Waals surface area contributed by atoms with Crippen LogP contribution in [-0.2, 0) is 0 Å². The molecule has 0 spiro atoms. The van der Waals surface area contributed by atoms with Crippen molar-refractivity contribution in [2.75, 3.05) is 34.5 Å². The number of methoxy groups -OCH3 is 3. The second-order valence-corrected chi connectivity index (χ2v) is 3.51. The van der Waals surface area contributed by atoms with Gasteiger partial charge in [-0.1, -0.05) is 0 Å². The van der Waals surface area contributed by atoms with Gasteiger partial charge in [-0.25, -0.2) is 0 Å². The molecular formula is C12H18O6. The topological polar surface area (TPSA) is 77.4 Å². The second-order valence-electron chi connectivity index (χ2n) is 3.51. The van der Waals surface area contributed by atoms with E-state index in [1.807, 2.05) is 0 Å². The van der Waals surface area contributed by atoms with Crippen molar-refractivity contribution in [2.24, 2.45) is 0 Å². The van der Waals surface area contributed by atoms with Crippen molar-refractivity contribution in [3.05, 3.63) is 12.1 Å². The standard InChI is InChI=1S/C12H18O6/c1-15-10-4-9(18-7-8(14)6-13)5-11(16-2)12(10)17-3/h4-5,8,13-14H,6-7H2,1-3H3/t8-/m1/s1. The Bertz CT molecular complexity index is 354. The second kappa shape index (κ2) is 6.93. The normalized spacial score (nSPS) is 11.8. The molecule has 1 aromatic carbocycles. The van der Waals surface area contributed by atoms with Crippen molar-refractivity contribution in [3.63, 3.8) is 0 Å². The highest BCUT2D eigenvalue weighted by Gasteiger charge is 2.14. The molecule has 0 heterocycles. The van der Waals surface area contributed by atoms with Crippen molar-refractivity contribution in [2.45, 2.75) is 6.10 Å². The minimum atomic E-state index is -0.927. The molecule has 2 N–H and O–H groups in total. The van der Waals surface area contributed by atoms with Crippen molar-refractivity contribution in [1.29, 1.82) is 0 Å². The lowest BCUT2D eigenvalue weighted by Gasteiger charge is -2.15. The molecule has 0 amide bonds. The maximum atomic E-state index is 9.21. The maximum Gasteiger partial charge on any atom is 0.203 e. The molecule has 1 rings (SSSR count). The summed E-state index contributed by atoms with van der Waals surface area (Å²) in [5, 5.41) is 17.9. The number of rotatable bonds is 7. The van der Waals surface area contributed by atoms with Crippen molar-refractivity contribution < 1.29 is 29.2 Å². The highest BCUT2D eigenvalue weighted by Crippen LogP contribution is 2.40. The highest BCUT2D eigenvalue weighted by atomic mass is 16.5. The molecule has 102 valence electrons. The van der Waals surface area contributed by atoms with Crippen LogP contribution >= 0.6 is 0 Å². The van der Waals surface area contributed by atoms with Crippen LogP contribution < -0.4 is 18.9 Å². The predicted octanol–water partition coefficient (Wildman–Crippen LogP) is 0.444. The molecule has 6 nitrogen and oxygen atoms in total. The number of ether oxygens (including phenoxy) is 4. The first-order valence-electron chi connectivity index (χ1n) is 5.38. The molecular weight excluding hydrogens is 240 g/mol. The average molecular weight is 258 g/mol. The Morgan fingerprint density at radius 3 is 2.00 bits per heavy atom. The molecule has 0 saturated carbocycles. The van der Waals surface area contributed by atoms with E-state index in [0.29, 0.717) is 23.0 Å². The Balaban J connectivity index is 2.93. The Morgan fingerprint density at radius 1 is 1.06 bits per heavy atom. The van der Waals surface area contributed by atoms with E-state index in [4.69, 9.17) is 24.1 Å². The van der Waals surface area contributed by atoms with Crippen LogP contribution in [0.15, 0.2) is 12.1 Å². The van der Waals surface area contributed by atoms with Gasteiger partial charge >= 0.3 is 0 Å². The van der Waals surface area contributed by atoms with Gasteiger partial charge in [-0.05, 0) is 0 Å². The van der Waals surface area contributed by atoms with Crippen LogP contribution in [-0.4, -0.2) is 50.9 Å². The third kappa shape index (κ3) is 3.41. The molecule has 0 radical (unpaired) electrons. The van der Waals surface area contributed by atoms with Gasteiger partial charge < -0.3 is 29.2 Å². The minimum Gasteiger partial charge on any atom is -0.493 e. The van der Waals surface area contributed by atoms with E-state index in [9.17, 15) is 5.11 Å².